The molecule has 0 aliphatic heterocycles. The first-order chi connectivity index (χ1) is 5.68. The molecule has 0 saturated heterocycles. The van der Waals surface area contributed by atoms with Crippen LogP contribution in [0, 0.1) is 0 Å². The zero-order valence-corrected chi connectivity index (χ0v) is 13.8. The van der Waals surface area contributed by atoms with Crippen molar-refractivity contribution in [3.8, 4) is 0 Å². The van der Waals surface area contributed by atoms with Crippen molar-refractivity contribution in [1.29, 1.82) is 0 Å². The van der Waals surface area contributed by atoms with Crippen LogP contribution in [0.25, 0.3) is 0 Å². The fourth-order valence-corrected chi connectivity index (χ4v) is 1.39. The van der Waals surface area contributed by atoms with E-state index >= 15 is 0 Å². The van der Waals surface area contributed by atoms with Crippen LogP contribution in [0.15, 0.2) is 0 Å². The van der Waals surface area contributed by atoms with Gasteiger partial charge in [0.2, 0.25) is 0 Å². The van der Waals surface area contributed by atoms with Gasteiger partial charge in [-0.1, -0.05) is 39.5 Å². The van der Waals surface area contributed by atoms with Crippen LogP contribution < -0.4 is 45.4 Å². The summed E-state index contributed by atoms with van der Waals surface area (Å²) in [4.78, 5) is 0. The van der Waals surface area contributed by atoms with E-state index < -0.39 is 0 Å². The summed E-state index contributed by atoms with van der Waals surface area (Å²) in [5, 5.41) is 0. The summed E-state index contributed by atoms with van der Waals surface area (Å²) < 4.78 is 0. The van der Waals surface area contributed by atoms with Gasteiger partial charge >= 0.3 is 17.1 Å². The summed E-state index contributed by atoms with van der Waals surface area (Å²) in [6.07, 6.45) is 7.00. The molecule has 0 heterocycles. The largest absolute Gasteiger partial charge is 2.00 e. The van der Waals surface area contributed by atoms with Crippen LogP contribution in [-0.2, 0) is 17.1 Å². The van der Waals surface area contributed by atoms with E-state index in [1.807, 2.05) is 0 Å². The Hall–Kier alpha value is 1.40. The van der Waals surface area contributed by atoms with Crippen molar-refractivity contribution >= 4 is 0 Å². The second-order valence-electron chi connectivity index (χ2n) is 3.77. The molecular weight excluding hydrogens is 371 g/mol. The molecule has 4 N–H and O–H groups in total. The Bertz CT molecular complexity index is 108. The summed E-state index contributed by atoms with van der Waals surface area (Å²) in [6, 6.07) is 0. The maximum atomic E-state index is 6.14. The molecule has 0 aliphatic carbocycles. The molecule has 0 bridgehead atoms. The maximum absolute atomic E-state index is 6.14. The molecule has 2 nitrogen and oxygen atoms in total. The van der Waals surface area contributed by atoms with Gasteiger partial charge in [0.25, 0.3) is 0 Å². The molecule has 5 heteroatoms. The summed E-state index contributed by atoms with van der Waals surface area (Å²) in [5.41, 5.74) is 11.7. The molecule has 0 saturated carbocycles. The van der Waals surface area contributed by atoms with E-state index in [1.54, 1.807) is 0 Å². The van der Waals surface area contributed by atoms with Crippen LogP contribution in [-0.4, -0.2) is 12.1 Å². The Morgan fingerprint density at radius 2 is 1.27 bits per heavy atom. The van der Waals surface area contributed by atoms with E-state index in [0.717, 1.165) is 12.8 Å². The van der Waals surface area contributed by atoms with Gasteiger partial charge in [-0.2, -0.15) is 0 Å². The zero-order chi connectivity index (χ0) is 9.45. The summed E-state index contributed by atoms with van der Waals surface area (Å²) in [7, 11) is 0. The van der Waals surface area contributed by atoms with Crippen molar-refractivity contribution in [2.24, 2.45) is 11.5 Å². The normalized spacial score (nSPS) is 9.60. The van der Waals surface area contributed by atoms with E-state index in [9.17, 15) is 0 Å². The van der Waals surface area contributed by atoms with Gasteiger partial charge in [0.1, 0.15) is 0 Å². The fourth-order valence-electron chi connectivity index (χ4n) is 1.39. The number of unbranched alkanes of at least 4 members (excludes halogenated alkanes) is 2. The van der Waals surface area contributed by atoms with Gasteiger partial charge in [-0.05, 0) is 12.8 Å². The van der Waals surface area contributed by atoms with Crippen LogP contribution >= 0.6 is 0 Å². The molecule has 0 aliphatic rings. The van der Waals surface area contributed by atoms with Crippen LogP contribution in [0.2, 0.25) is 0 Å². The molecule has 99 valence electrons. The van der Waals surface area contributed by atoms with E-state index in [0.29, 0.717) is 6.54 Å². The minimum Gasteiger partial charge on any atom is -1.00 e. The Morgan fingerprint density at radius 3 is 1.47 bits per heavy atom. The maximum Gasteiger partial charge on any atom is 2.00 e. The van der Waals surface area contributed by atoms with Crippen LogP contribution in [0.5, 0.6) is 0 Å². The third-order valence-corrected chi connectivity index (χ3v) is 2.46. The number of nitrogens with two attached hydrogens (primary N) is 2. The predicted molar refractivity (Wildman–Crippen MR) is 55.0 cm³/mol. The number of rotatable bonds is 7. The standard InChI is InChI=1S/C10H24N2.2BrH.Cu/c1-3-5-7-10(12,9-11)8-6-4-2;;;/h3-9,11-12H2,1-2H3;2*1H;/q;;;+2/p-2. The zero-order valence-electron chi connectivity index (χ0n) is 9.66. The van der Waals surface area contributed by atoms with E-state index in [1.165, 1.54) is 25.7 Å². The second kappa shape index (κ2) is 15.4. The first kappa shape index (κ1) is 25.3. The van der Waals surface area contributed by atoms with Crippen molar-refractivity contribution in [3.05, 3.63) is 0 Å². The molecule has 0 fully saturated rings. The van der Waals surface area contributed by atoms with E-state index in [-0.39, 0.29) is 56.6 Å². The molecule has 0 rings (SSSR count). The van der Waals surface area contributed by atoms with Gasteiger partial charge in [0.15, 0.2) is 0 Å². The molecule has 0 unspecified atom stereocenters. The van der Waals surface area contributed by atoms with Gasteiger partial charge in [0.05, 0.1) is 0 Å². The fraction of sp³-hybridized carbons (Fsp3) is 1.00. The summed E-state index contributed by atoms with van der Waals surface area (Å²) in [5.74, 6) is 0. The Labute approximate surface area is 126 Å². The smallest absolute Gasteiger partial charge is 1.00 e. The van der Waals surface area contributed by atoms with Crippen LogP contribution in [0.4, 0.5) is 0 Å². The van der Waals surface area contributed by atoms with E-state index in [2.05, 4.69) is 13.8 Å². The van der Waals surface area contributed by atoms with Crippen molar-refractivity contribution < 1.29 is 51.0 Å². The summed E-state index contributed by atoms with van der Waals surface area (Å²) >= 11 is 0. The molecule has 0 amide bonds. The molecule has 0 aromatic carbocycles. The quantitative estimate of drug-likeness (QED) is 0.432. The first-order valence-corrected chi connectivity index (χ1v) is 5.17. The van der Waals surface area contributed by atoms with Crippen LogP contribution in [0.1, 0.15) is 52.4 Å². The van der Waals surface area contributed by atoms with Crippen molar-refractivity contribution in [1.82, 2.24) is 0 Å². The molecule has 0 atom stereocenters. The SMILES string of the molecule is CCCCC(N)(CN)CCCC.[Br-].[Br-].[Cu+2]. The monoisotopic (exact) mass is 393 g/mol. The number of hydrogen-bond acceptors (Lipinski definition) is 2. The second-order valence-corrected chi connectivity index (χ2v) is 3.77. The topological polar surface area (TPSA) is 52.0 Å². The average molecular weight is 396 g/mol. The third kappa shape index (κ3) is 13.3. The number of hydrogen-bond donors (Lipinski definition) is 2. The van der Waals surface area contributed by atoms with Gasteiger partial charge < -0.3 is 45.4 Å². The van der Waals surface area contributed by atoms with Gasteiger partial charge in [-0.15, -0.1) is 0 Å². The summed E-state index contributed by atoms with van der Waals surface area (Å²) in [6.45, 7) is 5.01. The molecule has 0 aromatic heterocycles. The van der Waals surface area contributed by atoms with E-state index in [4.69, 9.17) is 11.5 Å². The van der Waals surface area contributed by atoms with Gasteiger partial charge in [0, 0.05) is 12.1 Å². The average Bonchev–Trinajstić information content (AvgIpc) is 2.11. The molecule has 15 heavy (non-hydrogen) atoms. The number of halogens is 2. The molecule has 0 aromatic rings. The molecular formula is C10H24Br2CuN2. The third-order valence-electron chi connectivity index (χ3n) is 2.46. The Morgan fingerprint density at radius 1 is 0.933 bits per heavy atom. The van der Waals surface area contributed by atoms with Gasteiger partial charge in [-0.3, -0.25) is 0 Å². The minimum absolute atomic E-state index is 0. The predicted octanol–water partition coefficient (Wildman–Crippen LogP) is -3.97. The van der Waals surface area contributed by atoms with Crippen molar-refractivity contribution in [2.75, 3.05) is 6.54 Å². The Kier molecular flexibility index (Phi) is 26.0. The van der Waals surface area contributed by atoms with Crippen molar-refractivity contribution in [3.63, 3.8) is 0 Å². The van der Waals surface area contributed by atoms with Crippen LogP contribution in [0.3, 0.4) is 0 Å². The minimum atomic E-state index is -0.0774. The first-order valence-electron chi connectivity index (χ1n) is 5.17. The van der Waals surface area contributed by atoms with Gasteiger partial charge in [-0.25, -0.2) is 0 Å². The molecule has 1 radical (unpaired) electrons. The molecule has 0 spiro atoms. The van der Waals surface area contributed by atoms with Crippen molar-refractivity contribution in [2.45, 2.75) is 57.9 Å². The Balaban J connectivity index is -0.000000202.